The zero-order valence-corrected chi connectivity index (χ0v) is 20.7. The number of ketones is 1. The van der Waals surface area contributed by atoms with Crippen LogP contribution in [0.4, 0.5) is 0 Å². The van der Waals surface area contributed by atoms with Crippen LogP contribution in [0.25, 0.3) is 22.2 Å². The fourth-order valence-corrected chi connectivity index (χ4v) is 8.85. The predicted octanol–water partition coefficient (Wildman–Crippen LogP) is 6.90. The van der Waals surface area contributed by atoms with Crippen molar-refractivity contribution in [2.24, 2.45) is 28.6 Å². The largest absolute Gasteiger partial charge is 0.363 e. The molecule has 0 radical (unpaired) electrons. The summed E-state index contributed by atoms with van der Waals surface area (Å²) in [6.07, 6.45) is 12.8. The van der Waals surface area contributed by atoms with Gasteiger partial charge in [-0.2, -0.15) is 5.10 Å². The SMILES string of the molecule is CC12CCC(=O)C=C1CCC1C2CCC2(C)C(c3nnc(-c4ccccc4)c4nocc34)CCC12. The summed E-state index contributed by atoms with van der Waals surface area (Å²) in [5.74, 6) is 2.86. The molecule has 2 heterocycles. The molecule has 0 N–H and O–H groups in total. The number of hydrogen-bond acceptors (Lipinski definition) is 5. The molecule has 180 valence electrons. The lowest BCUT2D eigenvalue weighted by Crippen LogP contribution is -2.50. The van der Waals surface area contributed by atoms with Crippen LogP contribution in [0, 0.1) is 28.6 Å². The van der Waals surface area contributed by atoms with Gasteiger partial charge in [-0.25, -0.2) is 0 Å². The molecule has 6 unspecified atom stereocenters. The minimum absolute atomic E-state index is 0.217. The van der Waals surface area contributed by atoms with E-state index in [9.17, 15) is 4.79 Å². The highest BCUT2D eigenvalue weighted by Gasteiger charge is 2.59. The molecule has 0 amide bonds. The highest BCUT2D eigenvalue weighted by Crippen LogP contribution is 2.68. The van der Waals surface area contributed by atoms with E-state index in [1.807, 2.05) is 24.3 Å². The van der Waals surface area contributed by atoms with Gasteiger partial charge in [0.1, 0.15) is 17.5 Å². The lowest BCUT2D eigenvalue weighted by Gasteiger charge is -2.58. The van der Waals surface area contributed by atoms with Crippen molar-refractivity contribution in [2.45, 2.75) is 71.1 Å². The van der Waals surface area contributed by atoms with Crippen molar-refractivity contribution in [3.8, 4) is 11.3 Å². The number of carbonyl (C=O) groups is 1. The number of nitrogens with zero attached hydrogens (tertiary/aromatic N) is 3. The Bertz CT molecular complexity index is 1340. The molecule has 6 atom stereocenters. The molecule has 3 fully saturated rings. The predicted molar refractivity (Wildman–Crippen MR) is 134 cm³/mol. The molecule has 7 rings (SSSR count). The first-order chi connectivity index (χ1) is 17.0. The van der Waals surface area contributed by atoms with Gasteiger partial charge in [0, 0.05) is 17.9 Å². The van der Waals surface area contributed by atoms with Crippen LogP contribution < -0.4 is 0 Å². The van der Waals surface area contributed by atoms with Crippen LogP contribution >= 0.6 is 0 Å². The van der Waals surface area contributed by atoms with Gasteiger partial charge in [0.15, 0.2) is 5.78 Å². The minimum atomic E-state index is 0.217. The highest BCUT2D eigenvalue weighted by atomic mass is 16.5. The van der Waals surface area contributed by atoms with Gasteiger partial charge in [0.25, 0.3) is 0 Å². The van der Waals surface area contributed by atoms with Crippen molar-refractivity contribution in [1.82, 2.24) is 15.4 Å². The maximum absolute atomic E-state index is 12.2. The molecule has 0 saturated heterocycles. The van der Waals surface area contributed by atoms with Gasteiger partial charge < -0.3 is 4.52 Å². The first-order valence-corrected chi connectivity index (χ1v) is 13.4. The average molecular weight is 468 g/mol. The van der Waals surface area contributed by atoms with Gasteiger partial charge in [-0.3, -0.25) is 4.79 Å². The maximum atomic E-state index is 12.2. The first kappa shape index (κ1) is 21.5. The molecule has 0 aliphatic heterocycles. The third kappa shape index (κ3) is 2.99. The van der Waals surface area contributed by atoms with Crippen LogP contribution in [-0.4, -0.2) is 21.1 Å². The van der Waals surface area contributed by atoms with E-state index < -0.39 is 0 Å². The molecule has 0 bridgehead atoms. The average Bonchev–Trinajstić information content (AvgIpc) is 3.49. The Kier molecular flexibility index (Phi) is 4.65. The fraction of sp³-hybridized carbons (Fsp3) is 0.533. The number of rotatable bonds is 2. The molecular weight excluding hydrogens is 434 g/mol. The normalized spacial score (nSPS) is 36.4. The Morgan fingerprint density at radius 3 is 2.66 bits per heavy atom. The van der Waals surface area contributed by atoms with Gasteiger partial charge in [0.2, 0.25) is 0 Å². The van der Waals surface area contributed by atoms with E-state index in [-0.39, 0.29) is 10.8 Å². The van der Waals surface area contributed by atoms with Crippen LogP contribution in [0.5, 0.6) is 0 Å². The van der Waals surface area contributed by atoms with E-state index in [1.165, 1.54) is 31.3 Å². The second-order valence-corrected chi connectivity index (χ2v) is 12.0. The molecule has 4 aliphatic rings. The minimum Gasteiger partial charge on any atom is -0.363 e. The summed E-state index contributed by atoms with van der Waals surface area (Å²) in [4.78, 5) is 12.2. The molecule has 3 aromatic rings. The lowest BCUT2D eigenvalue weighted by molar-refractivity contribution is -0.117. The standard InChI is InChI=1S/C30H33N3O2/c1-29-14-12-20(34)16-19(29)8-9-21-23-10-11-25(30(23,2)15-13-24(21)29)27-22-17-35-33-28(22)26(31-32-27)18-6-4-3-5-7-18/h3-7,16-17,21,23-25H,8-15H2,1-2H3. The number of carbonyl (C=O) groups excluding carboxylic acids is 1. The third-order valence-corrected chi connectivity index (χ3v) is 10.7. The van der Waals surface area contributed by atoms with Crippen molar-refractivity contribution >= 4 is 16.7 Å². The number of allylic oxidation sites excluding steroid dienone is 1. The molecule has 35 heavy (non-hydrogen) atoms. The molecule has 3 saturated carbocycles. The van der Waals surface area contributed by atoms with Crippen LogP contribution in [0.2, 0.25) is 0 Å². The van der Waals surface area contributed by atoms with Gasteiger partial charge in [-0.05, 0) is 79.6 Å². The second-order valence-electron chi connectivity index (χ2n) is 12.0. The van der Waals surface area contributed by atoms with Gasteiger partial charge in [0.05, 0.1) is 11.1 Å². The molecule has 1 aromatic carbocycles. The van der Waals surface area contributed by atoms with Gasteiger partial charge >= 0.3 is 0 Å². The Morgan fingerprint density at radius 1 is 0.943 bits per heavy atom. The van der Waals surface area contributed by atoms with Crippen molar-refractivity contribution in [1.29, 1.82) is 0 Å². The van der Waals surface area contributed by atoms with Crippen molar-refractivity contribution in [2.75, 3.05) is 0 Å². The summed E-state index contributed by atoms with van der Waals surface area (Å²) in [5, 5.41) is 15.0. The monoisotopic (exact) mass is 467 g/mol. The smallest absolute Gasteiger partial charge is 0.155 e. The first-order valence-electron chi connectivity index (χ1n) is 13.4. The summed E-state index contributed by atoms with van der Waals surface area (Å²) >= 11 is 0. The molecule has 0 spiro atoms. The van der Waals surface area contributed by atoms with E-state index in [4.69, 9.17) is 14.7 Å². The van der Waals surface area contributed by atoms with E-state index >= 15 is 0 Å². The Labute approximate surface area is 206 Å². The van der Waals surface area contributed by atoms with Crippen LogP contribution in [-0.2, 0) is 4.79 Å². The van der Waals surface area contributed by atoms with Crippen LogP contribution in [0.1, 0.15) is 76.8 Å². The van der Waals surface area contributed by atoms with Gasteiger partial charge in [-0.15, -0.1) is 5.10 Å². The summed E-state index contributed by atoms with van der Waals surface area (Å²) in [7, 11) is 0. The Balaban J connectivity index is 1.25. The van der Waals surface area contributed by atoms with Crippen molar-refractivity contribution in [3.63, 3.8) is 0 Å². The zero-order chi connectivity index (χ0) is 23.8. The molecule has 2 aromatic heterocycles. The molecular formula is C30H33N3O2. The van der Waals surface area contributed by atoms with Crippen LogP contribution in [0.15, 0.2) is 52.8 Å². The maximum Gasteiger partial charge on any atom is 0.155 e. The van der Waals surface area contributed by atoms with Gasteiger partial charge in [-0.1, -0.05) is 54.9 Å². The number of aromatic nitrogens is 3. The highest BCUT2D eigenvalue weighted by molar-refractivity contribution is 5.92. The second kappa shape index (κ2) is 7.59. The number of hydrogen-bond donors (Lipinski definition) is 0. The van der Waals surface area contributed by atoms with E-state index in [0.717, 1.165) is 59.5 Å². The number of benzene rings is 1. The Morgan fingerprint density at radius 2 is 1.80 bits per heavy atom. The van der Waals surface area contributed by atoms with Crippen molar-refractivity contribution < 1.29 is 9.32 Å². The molecule has 5 nitrogen and oxygen atoms in total. The van der Waals surface area contributed by atoms with E-state index in [2.05, 4.69) is 31.1 Å². The summed E-state index contributed by atoms with van der Waals surface area (Å²) in [5.41, 5.74) is 5.61. The quantitative estimate of drug-likeness (QED) is 0.410. The summed E-state index contributed by atoms with van der Waals surface area (Å²) in [6.45, 7) is 4.99. The van der Waals surface area contributed by atoms with Crippen LogP contribution in [0.3, 0.4) is 0 Å². The van der Waals surface area contributed by atoms with E-state index in [1.54, 1.807) is 6.26 Å². The molecule has 4 aliphatic carbocycles. The number of fused-ring (bicyclic) bond motifs is 6. The summed E-state index contributed by atoms with van der Waals surface area (Å²) < 4.78 is 5.50. The Hall–Kier alpha value is -2.82. The summed E-state index contributed by atoms with van der Waals surface area (Å²) in [6, 6.07) is 10.2. The van der Waals surface area contributed by atoms with E-state index in [0.29, 0.717) is 23.5 Å². The molecule has 5 heteroatoms. The van der Waals surface area contributed by atoms with Crippen molar-refractivity contribution in [3.05, 3.63) is 53.9 Å². The third-order valence-electron chi connectivity index (χ3n) is 10.7. The fourth-order valence-electron chi connectivity index (χ4n) is 8.85. The lowest BCUT2D eigenvalue weighted by atomic mass is 9.46. The topological polar surface area (TPSA) is 68.9 Å². The zero-order valence-electron chi connectivity index (χ0n) is 20.7.